The highest BCUT2D eigenvalue weighted by Gasteiger charge is 2.31. The third-order valence-corrected chi connectivity index (χ3v) is 5.32. The molecule has 0 radical (unpaired) electrons. The minimum Gasteiger partial charge on any atom is -0.466 e. The van der Waals surface area contributed by atoms with Gasteiger partial charge in [-0.1, -0.05) is 0 Å². The van der Waals surface area contributed by atoms with Crippen molar-refractivity contribution in [2.45, 2.75) is 52.0 Å². The van der Waals surface area contributed by atoms with E-state index in [2.05, 4.69) is 10.6 Å². The number of hydrogen-bond donors (Lipinski definition) is 2. The van der Waals surface area contributed by atoms with Gasteiger partial charge in [0.2, 0.25) is 11.8 Å². The summed E-state index contributed by atoms with van der Waals surface area (Å²) < 4.78 is 5.42. The van der Waals surface area contributed by atoms with E-state index >= 15 is 0 Å². The van der Waals surface area contributed by atoms with Crippen LogP contribution in [0.1, 0.15) is 54.0 Å². The van der Waals surface area contributed by atoms with Crippen LogP contribution in [0.5, 0.6) is 0 Å². The number of carbonyl (C=O) groups is 3. The molecule has 0 bridgehead atoms. The van der Waals surface area contributed by atoms with Crippen LogP contribution in [0, 0.1) is 19.8 Å². The van der Waals surface area contributed by atoms with E-state index in [4.69, 9.17) is 4.42 Å². The van der Waals surface area contributed by atoms with Gasteiger partial charge < -0.3 is 20.0 Å². The third kappa shape index (κ3) is 4.26. The molecule has 1 saturated heterocycles. The molecule has 1 aliphatic carbocycles. The summed E-state index contributed by atoms with van der Waals surface area (Å²) in [7, 11) is 0. The summed E-state index contributed by atoms with van der Waals surface area (Å²) in [6, 6.07) is 1.85. The van der Waals surface area contributed by atoms with E-state index in [-0.39, 0.29) is 29.7 Å². The molecule has 2 aliphatic rings. The minimum absolute atomic E-state index is 0.00531. The maximum absolute atomic E-state index is 12.7. The average molecular weight is 361 g/mol. The molecule has 3 rings (SSSR count). The van der Waals surface area contributed by atoms with Crippen molar-refractivity contribution in [1.82, 2.24) is 15.5 Å². The molecule has 0 spiro atoms. The van der Waals surface area contributed by atoms with E-state index < -0.39 is 0 Å². The van der Waals surface area contributed by atoms with E-state index in [0.29, 0.717) is 37.4 Å². The summed E-state index contributed by atoms with van der Waals surface area (Å²) in [5.41, 5.74) is 0.586. The molecule has 2 fully saturated rings. The molecule has 2 N–H and O–H groups in total. The van der Waals surface area contributed by atoms with Crippen molar-refractivity contribution < 1.29 is 18.8 Å². The van der Waals surface area contributed by atoms with Gasteiger partial charge in [0.1, 0.15) is 11.5 Å². The van der Waals surface area contributed by atoms with Gasteiger partial charge in [-0.05, 0) is 45.6 Å². The Balaban J connectivity index is 1.49. The summed E-state index contributed by atoms with van der Waals surface area (Å²) in [6.07, 6.45) is 3.50. The van der Waals surface area contributed by atoms with Gasteiger partial charge >= 0.3 is 0 Å². The summed E-state index contributed by atoms with van der Waals surface area (Å²) in [4.78, 5) is 38.3. The number of aryl methyl sites for hydroxylation is 2. The molecule has 1 aromatic heterocycles. The zero-order chi connectivity index (χ0) is 18.7. The van der Waals surface area contributed by atoms with Gasteiger partial charge in [0, 0.05) is 38.0 Å². The zero-order valence-electron chi connectivity index (χ0n) is 15.5. The molecule has 0 aromatic carbocycles. The predicted octanol–water partition coefficient (Wildman–Crippen LogP) is 1.53. The summed E-state index contributed by atoms with van der Waals surface area (Å²) in [5, 5.41) is 5.86. The first-order chi connectivity index (χ1) is 12.4. The van der Waals surface area contributed by atoms with Gasteiger partial charge in [-0.15, -0.1) is 0 Å². The summed E-state index contributed by atoms with van der Waals surface area (Å²) >= 11 is 0. The van der Waals surface area contributed by atoms with Crippen LogP contribution in [0.3, 0.4) is 0 Å². The first kappa shape index (κ1) is 18.5. The van der Waals surface area contributed by atoms with Gasteiger partial charge in [-0.25, -0.2) is 0 Å². The second kappa shape index (κ2) is 7.93. The van der Waals surface area contributed by atoms with E-state index in [0.717, 1.165) is 31.4 Å². The first-order valence-corrected chi connectivity index (χ1v) is 9.37. The van der Waals surface area contributed by atoms with E-state index in [1.165, 1.54) is 0 Å². The second-order valence-electron chi connectivity index (χ2n) is 7.27. The second-order valence-corrected chi connectivity index (χ2v) is 7.27. The first-order valence-electron chi connectivity index (χ1n) is 9.37. The molecule has 1 aliphatic heterocycles. The topological polar surface area (TPSA) is 91.7 Å². The van der Waals surface area contributed by atoms with E-state index in [1.54, 1.807) is 17.9 Å². The molecule has 2 heterocycles. The number of rotatable bonds is 3. The van der Waals surface area contributed by atoms with Crippen molar-refractivity contribution in [3.05, 3.63) is 23.2 Å². The van der Waals surface area contributed by atoms with Crippen LogP contribution in [-0.2, 0) is 9.59 Å². The van der Waals surface area contributed by atoms with Crippen LogP contribution in [-0.4, -0.2) is 48.3 Å². The summed E-state index contributed by atoms with van der Waals surface area (Å²) in [6.45, 7) is 5.23. The zero-order valence-corrected chi connectivity index (χ0v) is 15.5. The van der Waals surface area contributed by atoms with Crippen LogP contribution in [0.4, 0.5) is 0 Å². The molecule has 3 amide bonds. The van der Waals surface area contributed by atoms with E-state index in [9.17, 15) is 14.4 Å². The Morgan fingerprint density at radius 2 is 1.92 bits per heavy atom. The van der Waals surface area contributed by atoms with Crippen molar-refractivity contribution in [1.29, 1.82) is 0 Å². The molecule has 1 aromatic rings. The van der Waals surface area contributed by atoms with Crippen molar-refractivity contribution in [2.75, 3.05) is 19.6 Å². The lowest BCUT2D eigenvalue weighted by Crippen LogP contribution is -2.43. The van der Waals surface area contributed by atoms with Crippen LogP contribution in [0.2, 0.25) is 0 Å². The lowest BCUT2D eigenvalue weighted by atomic mass is 9.85. The Hall–Kier alpha value is -2.31. The third-order valence-electron chi connectivity index (χ3n) is 5.32. The SMILES string of the molecule is Cc1cc(C(=O)NC2CCC(C(=O)N3CCNC(=O)CC3)CC2)c(C)o1. The fraction of sp³-hybridized carbons (Fsp3) is 0.632. The number of furan rings is 1. The Bertz CT molecular complexity index is 689. The van der Waals surface area contributed by atoms with Crippen LogP contribution in [0.15, 0.2) is 10.5 Å². The Kier molecular flexibility index (Phi) is 5.64. The minimum atomic E-state index is -0.105. The molecular weight excluding hydrogens is 334 g/mol. The summed E-state index contributed by atoms with van der Waals surface area (Å²) in [5.74, 6) is 1.41. The number of nitrogens with one attached hydrogen (secondary N) is 2. The molecule has 26 heavy (non-hydrogen) atoms. The van der Waals surface area contributed by atoms with Gasteiger partial charge in [-0.2, -0.15) is 0 Å². The van der Waals surface area contributed by atoms with Crippen LogP contribution >= 0.6 is 0 Å². The average Bonchev–Trinajstić information content (AvgIpc) is 2.81. The Morgan fingerprint density at radius 3 is 2.58 bits per heavy atom. The molecule has 1 saturated carbocycles. The number of amides is 3. The van der Waals surface area contributed by atoms with Gasteiger partial charge in [-0.3, -0.25) is 14.4 Å². The van der Waals surface area contributed by atoms with Gasteiger partial charge in [0.05, 0.1) is 5.56 Å². The fourth-order valence-electron chi connectivity index (χ4n) is 3.85. The lowest BCUT2D eigenvalue weighted by molar-refractivity contribution is -0.136. The molecule has 7 heteroatoms. The predicted molar refractivity (Wildman–Crippen MR) is 95.6 cm³/mol. The highest BCUT2D eigenvalue weighted by molar-refractivity contribution is 5.95. The molecular formula is C19H27N3O4. The van der Waals surface area contributed by atoms with Crippen molar-refractivity contribution in [3.63, 3.8) is 0 Å². The van der Waals surface area contributed by atoms with Crippen molar-refractivity contribution in [2.24, 2.45) is 5.92 Å². The Morgan fingerprint density at radius 1 is 1.19 bits per heavy atom. The Labute approximate surface area is 153 Å². The van der Waals surface area contributed by atoms with E-state index in [1.807, 2.05) is 6.92 Å². The molecule has 142 valence electrons. The fourth-order valence-corrected chi connectivity index (χ4v) is 3.85. The van der Waals surface area contributed by atoms with Crippen molar-refractivity contribution in [3.8, 4) is 0 Å². The highest BCUT2D eigenvalue weighted by Crippen LogP contribution is 2.27. The highest BCUT2D eigenvalue weighted by atomic mass is 16.3. The smallest absolute Gasteiger partial charge is 0.255 e. The van der Waals surface area contributed by atoms with Crippen molar-refractivity contribution >= 4 is 17.7 Å². The maximum atomic E-state index is 12.7. The largest absolute Gasteiger partial charge is 0.466 e. The number of hydrogen-bond acceptors (Lipinski definition) is 4. The number of nitrogens with zero attached hydrogens (tertiary/aromatic N) is 1. The number of carbonyl (C=O) groups excluding carboxylic acids is 3. The maximum Gasteiger partial charge on any atom is 0.255 e. The molecule has 7 nitrogen and oxygen atoms in total. The quantitative estimate of drug-likeness (QED) is 0.854. The monoisotopic (exact) mass is 361 g/mol. The van der Waals surface area contributed by atoms with Crippen LogP contribution in [0.25, 0.3) is 0 Å². The normalized spacial score (nSPS) is 23.9. The van der Waals surface area contributed by atoms with Crippen LogP contribution < -0.4 is 10.6 Å². The van der Waals surface area contributed by atoms with Gasteiger partial charge in [0.15, 0.2) is 0 Å². The molecule has 0 atom stereocenters. The van der Waals surface area contributed by atoms with Gasteiger partial charge in [0.25, 0.3) is 5.91 Å². The lowest BCUT2D eigenvalue weighted by Gasteiger charge is -2.31. The molecule has 0 unspecified atom stereocenters. The standard InChI is InChI=1S/C19H27N3O4/c1-12-11-16(13(2)26-12)18(24)21-15-5-3-14(4-6-15)19(25)22-9-7-17(23)20-8-10-22/h11,14-15H,3-10H2,1-2H3,(H,20,23)(H,21,24).